The van der Waals surface area contributed by atoms with E-state index in [1.54, 1.807) is 6.08 Å². The fourth-order valence-corrected chi connectivity index (χ4v) is 10.2. The summed E-state index contributed by atoms with van der Waals surface area (Å²) in [6, 6.07) is -0.810. The molecular weight excluding hydrogens is 959 g/mol. The molecule has 0 spiro atoms. The molecule has 1 rings (SSSR count). The van der Waals surface area contributed by atoms with E-state index >= 15 is 0 Å². The highest BCUT2D eigenvalue weighted by Gasteiger charge is 2.44. The lowest BCUT2D eigenvalue weighted by Crippen LogP contribution is -2.60. The fourth-order valence-electron chi connectivity index (χ4n) is 10.2. The molecule has 0 aromatic rings. The second-order valence-corrected chi connectivity index (χ2v) is 22.5. The van der Waals surface area contributed by atoms with Crippen LogP contribution >= 0.6 is 0 Å². The number of nitrogens with one attached hydrogen (secondary N) is 1. The summed E-state index contributed by atoms with van der Waals surface area (Å²) in [6.07, 6.45) is 72.7. The van der Waals surface area contributed by atoms with E-state index in [4.69, 9.17) is 9.47 Å². The molecule has 0 radical (unpaired) electrons. The maximum atomic E-state index is 13.1. The Morgan fingerprint density at radius 2 is 0.805 bits per heavy atom. The summed E-state index contributed by atoms with van der Waals surface area (Å²) < 4.78 is 11.3. The average molecular weight is 1080 g/mol. The van der Waals surface area contributed by atoms with E-state index in [1.807, 2.05) is 6.08 Å². The number of unbranched alkanes of at least 4 members (excludes halogenated alkanes) is 36. The number of ether oxygens (including phenoxy) is 2. The third-order valence-corrected chi connectivity index (χ3v) is 15.3. The molecule has 0 aromatic carbocycles. The summed E-state index contributed by atoms with van der Waals surface area (Å²) in [5.74, 6) is -0.177. The molecule has 77 heavy (non-hydrogen) atoms. The predicted molar refractivity (Wildman–Crippen MR) is 327 cm³/mol. The number of allylic oxidation sites excluding steroid dienone is 11. The number of hydrogen-bond donors (Lipinski definition) is 6. The fraction of sp³-hybridized carbons (Fsp3) is 0.809. The number of aliphatic hydroxyl groups is 5. The van der Waals surface area contributed by atoms with Crippen molar-refractivity contribution in [1.29, 1.82) is 0 Å². The lowest BCUT2D eigenvalue weighted by molar-refractivity contribution is -0.302. The van der Waals surface area contributed by atoms with E-state index in [0.29, 0.717) is 6.42 Å². The van der Waals surface area contributed by atoms with Crippen LogP contribution in [0.2, 0.25) is 0 Å². The molecule has 0 saturated carbocycles. The van der Waals surface area contributed by atoms with Gasteiger partial charge in [0.15, 0.2) is 6.29 Å². The molecule has 1 saturated heterocycles. The molecule has 0 aliphatic carbocycles. The second kappa shape index (κ2) is 56.9. The van der Waals surface area contributed by atoms with Crippen LogP contribution in [0.25, 0.3) is 0 Å². The van der Waals surface area contributed by atoms with Gasteiger partial charge in [0.1, 0.15) is 24.4 Å². The molecule has 6 N–H and O–H groups in total. The molecule has 9 nitrogen and oxygen atoms in total. The highest BCUT2D eigenvalue weighted by Crippen LogP contribution is 2.23. The minimum absolute atomic E-state index is 0.177. The van der Waals surface area contributed by atoms with Crippen LogP contribution in [-0.2, 0) is 14.3 Å². The number of carbonyl (C=O) groups excluding carboxylic acids is 1. The number of amides is 1. The van der Waals surface area contributed by atoms with Crippen LogP contribution in [0.4, 0.5) is 0 Å². The van der Waals surface area contributed by atoms with Crippen molar-refractivity contribution in [2.75, 3.05) is 13.2 Å². The van der Waals surface area contributed by atoms with E-state index in [9.17, 15) is 30.3 Å². The van der Waals surface area contributed by atoms with Crippen LogP contribution in [0.5, 0.6) is 0 Å². The summed E-state index contributed by atoms with van der Waals surface area (Å²) in [4.78, 5) is 13.1. The summed E-state index contributed by atoms with van der Waals surface area (Å²) in [5.41, 5.74) is 0. The Morgan fingerprint density at radius 3 is 1.19 bits per heavy atom. The van der Waals surface area contributed by atoms with Gasteiger partial charge in [-0.25, -0.2) is 0 Å². The van der Waals surface area contributed by atoms with E-state index in [2.05, 4.69) is 79.9 Å². The second-order valence-electron chi connectivity index (χ2n) is 22.5. The first-order chi connectivity index (χ1) is 37.8. The zero-order chi connectivity index (χ0) is 55.8. The first-order valence-corrected chi connectivity index (χ1v) is 32.7. The maximum absolute atomic E-state index is 13.1. The van der Waals surface area contributed by atoms with E-state index in [-0.39, 0.29) is 12.5 Å². The quantitative estimate of drug-likeness (QED) is 0.0261. The first-order valence-electron chi connectivity index (χ1n) is 32.7. The molecule has 1 heterocycles. The molecule has 7 unspecified atom stereocenters. The smallest absolute Gasteiger partial charge is 0.220 e. The van der Waals surface area contributed by atoms with Gasteiger partial charge in [0.05, 0.1) is 25.4 Å². The number of carbonyl (C=O) groups is 1. The summed E-state index contributed by atoms with van der Waals surface area (Å²) in [7, 11) is 0. The van der Waals surface area contributed by atoms with Gasteiger partial charge in [0, 0.05) is 6.42 Å². The molecule has 448 valence electrons. The maximum Gasteiger partial charge on any atom is 0.220 e. The standard InChI is InChI=1S/C68H123NO8/c1-3-5-7-9-11-13-15-17-19-21-23-25-27-29-30-31-32-34-36-38-40-42-44-46-48-50-52-54-56-58-64(72)69-61(60-76-68-67(75)66(74)65(73)63(59-70)77-68)62(71)57-55-53-51-49-47-45-43-41-39-37-35-33-28-26-24-22-20-18-16-14-12-10-8-6-4-2/h5,7,11,13,17,19,23,25,29-30,55,57,61-63,65-68,70-71,73-75H,3-4,6,8-10,12,14-16,18,20-22,24,26-28,31-54,56,58-60H2,1-2H3,(H,69,72)/b7-5-,13-11-,19-17-,25-23-,30-29-,57-55+. The lowest BCUT2D eigenvalue weighted by Gasteiger charge is -2.40. The Bertz CT molecular complexity index is 1440. The highest BCUT2D eigenvalue weighted by molar-refractivity contribution is 5.76. The Hall–Kier alpha value is -2.37. The molecular formula is C68H123NO8. The zero-order valence-electron chi connectivity index (χ0n) is 50.0. The van der Waals surface area contributed by atoms with Crippen LogP contribution in [0, 0.1) is 0 Å². The van der Waals surface area contributed by atoms with Crippen LogP contribution in [0.1, 0.15) is 296 Å². The number of aliphatic hydroxyl groups excluding tert-OH is 5. The highest BCUT2D eigenvalue weighted by atomic mass is 16.7. The molecule has 1 amide bonds. The van der Waals surface area contributed by atoms with E-state index in [0.717, 1.165) is 70.6 Å². The largest absolute Gasteiger partial charge is 0.394 e. The summed E-state index contributed by atoms with van der Waals surface area (Å²) >= 11 is 0. The Labute approximate surface area is 474 Å². The molecule has 1 aliphatic rings. The van der Waals surface area contributed by atoms with Gasteiger partial charge in [-0.3, -0.25) is 4.79 Å². The Balaban J connectivity index is 2.17. The molecule has 1 fully saturated rings. The SMILES string of the molecule is CC/C=C\C/C=C\C/C=C\C/C=C\C/C=C\CCCCCCCCCCCCCCCC(=O)NC(COC1OC(CO)C(O)C(O)C1O)C(O)/C=C/CCCCCCCCCCCCCCCCCCCCCCCCC. The number of hydrogen-bond acceptors (Lipinski definition) is 8. The van der Waals surface area contributed by atoms with Gasteiger partial charge < -0.3 is 40.3 Å². The molecule has 9 heteroatoms. The van der Waals surface area contributed by atoms with Gasteiger partial charge in [-0.05, 0) is 64.2 Å². The molecule has 0 aromatic heterocycles. The summed E-state index contributed by atoms with van der Waals surface area (Å²) in [6.45, 7) is 3.70. The first kappa shape index (κ1) is 72.6. The van der Waals surface area contributed by atoms with Crippen molar-refractivity contribution in [3.63, 3.8) is 0 Å². The lowest BCUT2D eigenvalue weighted by atomic mass is 9.99. The normalized spacial score (nSPS) is 19.2. The van der Waals surface area contributed by atoms with E-state index in [1.165, 1.54) is 205 Å². The third-order valence-electron chi connectivity index (χ3n) is 15.3. The van der Waals surface area contributed by atoms with Gasteiger partial charge in [-0.2, -0.15) is 0 Å². The third kappa shape index (κ3) is 46.0. The molecule has 0 bridgehead atoms. The monoisotopic (exact) mass is 1080 g/mol. The van der Waals surface area contributed by atoms with Crippen molar-refractivity contribution in [3.8, 4) is 0 Å². The minimum atomic E-state index is -1.57. The van der Waals surface area contributed by atoms with Crippen molar-refractivity contribution in [1.82, 2.24) is 5.32 Å². The Kier molecular flexibility index (Phi) is 53.7. The zero-order valence-corrected chi connectivity index (χ0v) is 50.0. The van der Waals surface area contributed by atoms with Gasteiger partial charge in [0.25, 0.3) is 0 Å². The van der Waals surface area contributed by atoms with Crippen LogP contribution < -0.4 is 5.32 Å². The van der Waals surface area contributed by atoms with Crippen LogP contribution in [0.15, 0.2) is 72.9 Å². The van der Waals surface area contributed by atoms with Crippen molar-refractivity contribution >= 4 is 5.91 Å². The molecule has 1 aliphatic heterocycles. The van der Waals surface area contributed by atoms with Gasteiger partial charge in [-0.1, -0.05) is 299 Å². The number of rotatable bonds is 56. The van der Waals surface area contributed by atoms with Crippen molar-refractivity contribution in [2.45, 2.75) is 339 Å². The Morgan fingerprint density at radius 1 is 0.455 bits per heavy atom. The van der Waals surface area contributed by atoms with E-state index < -0.39 is 49.5 Å². The van der Waals surface area contributed by atoms with Crippen molar-refractivity contribution in [2.24, 2.45) is 0 Å². The summed E-state index contributed by atoms with van der Waals surface area (Å²) in [5, 5.41) is 54.7. The average Bonchev–Trinajstić information content (AvgIpc) is 3.43. The predicted octanol–water partition coefficient (Wildman–Crippen LogP) is 17.2. The van der Waals surface area contributed by atoms with Crippen LogP contribution in [-0.4, -0.2) is 87.5 Å². The minimum Gasteiger partial charge on any atom is -0.394 e. The molecule has 7 atom stereocenters. The van der Waals surface area contributed by atoms with Crippen LogP contribution in [0.3, 0.4) is 0 Å². The van der Waals surface area contributed by atoms with Gasteiger partial charge in [0.2, 0.25) is 5.91 Å². The van der Waals surface area contributed by atoms with Crippen molar-refractivity contribution in [3.05, 3.63) is 72.9 Å². The topological polar surface area (TPSA) is 149 Å². The van der Waals surface area contributed by atoms with Gasteiger partial charge in [-0.15, -0.1) is 0 Å². The van der Waals surface area contributed by atoms with Gasteiger partial charge >= 0.3 is 0 Å². The van der Waals surface area contributed by atoms with Crippen molar-refractivity contribution < 1.29 is 39.8 Å².